The summed E-state index contributed by atoms with van der Waals surface area (Å²) in [5.41, 5.74) is 0.930. The summed E-state index contributed by atoms with van der Waals surface area (Å²) in [7, 11) is -0.531. The first-order valence-corrected chi connectivity index (χ1v) is 7.27. The molecule has 0 aromatic rings. The second kappa shape index (κ2) is 4.34. The molecule has 0 aromatic heterocycles. The van der Waals surface area contributed by atoms with E-state index < -0.39 is 7.26 Å². The molecule has 0 spiro atoms. The monoisotopic (exact) mass is 161 g/mol. The van der Waals surface area contributed by atoms with Gasteiger partial charge in [0.15, 0.2) is 0 Å². The predicted molar refractivity (Wildman–Crippen MR) is 53.7 cm³/mol. The molecule has 0 nitrogen and oxygen atoms in total. The van der Waals surface area contributed by atoms with Crippen LogP contribution in [0.4, 0.5) is 0 Å². The quantitative estimate of drug-likeness (QED) is 0.554. The minimum absolute atomic E-state index is 0.531. The summed E-state index contributed by atoms with van der Waals surface area (Å²) in [6.07, 6.45) is 4.27. The van der Waals surface area contributed by atoms with Gasteiger partial charge in [-0.15, -0.1) is 0 Å². The predicted octanol–water partition coefficient (Wildman–Crippen LogP) is 3.47. The molecule has 0 saturated carbocycles. The lowest BCUT2D eigenvalue weighted by molar-refractivity contribution is 0.879. The normalized spacial score (nSPS) is 12.6. The molecule has 0 rings (SSSR count). The molecule has 62 valence electrons. The van der Waals surface area contributed by atoms with Crippen molar-refractivity contribution >= 4 is 7.26 Å². The summed E-state index contributed by atoms with van der Waals surface area (Å²) in [6.45, 7) is 12.0. The highest BCUT2D eigenvalue weighted by Gasteiger charge is 2.27. The van der Waals surface area contributed by atoms with E-state index in [0.717, 1.165) is 5.66 Å². The minimum atomic E-state index is -0.531. The molecule has 10 heavy (non-hydrogen) atoms. The lowest BCUT2D eigenvalue weighted by atomic mass is 10.4. The first-order chi connectivity index (χ1) is 4.50. The van der Waals surface area contributed by atoms with E-state index in [0.29, 0.717) is 0 Å². The fourth-order valence-electron chi connectivity index (χ4n) is 0.824. The van der Waals surface area contributed by atoms with E-state index >= 15 is 0 Å². The van der Waals surface area contributed by atoms with Gasteiger partial charge in [0.2, 0.25) is 0 Å². The summed E-state index contributed by atoms with van der Waals surface area (Å²) in [6, 6.07) is 0. The summed E-state index contributed by atoms with van der Waals surface area (Å²) < 4.78 is 0. The Morgan fingerprint density at radius 1 is 1.20 bits per heavy atom. The van der Waals surface area contributed by atoms with Gasteiger partial charge in [-0.2, -0.15) is 0 Å². The van der Waals surface area contributed by atoms with Crippen LogP contribution in [-0.2, 0) is 0 Å². The van der Waals surface area contributed by atoms with Gasteiger partial charge in [0, 0.05) is 20.6 Å². The number of unbranched alkanes of at least 4 members (excludes halogenated alkanes) is 1. The van der Waals surface area contributed by atoms with Crippen molar-refractivity contribution in [3.8, 4) is 0 Å². The molecule has 0 aliphatic heterocycles. The lowest BCUT2D eigenvalue weighted by Gasteiger charge is -2.21. The smallest absolute Gasteiger partial charge is 0.0636 e. The van der Waals surface area contributed by atoms with E-state index in [-0.39, 0.29) is 0 Å². The Balaban J connectivity index is 3.63. The third-order valence-corrected chi connectivity index (χ3v) is 6.75. The molecule has 0 bridgehead atoms. The minimum Gasteiger partial charge on any atom is -0.0652 e. The number of hydrogen-bond donors (Lipinski definition) is 0. The summed E-state index contributed by atoms with van der Waals surface area (Å²) in [5.74, 6) is 0. The van der Waals surface area contributed by atoms with Crippen molar-refractivity contribution < 1.29 is 0 Å². The lowest BCUT2D eigenvalue weighted by Crippen LogP contribution is -2.06. The summed E-state index contributed by atoms with van der Waals surface area (Å²) >= 11 is 0. The van der Waals surface area contributed by atoms with Gasteiger partial charge in [0.25, 0.3) is 0 Å². The van der Waals surface area contributed by atoms with E-state index in [9.17, 15) is 0 Å². The second-order valence-electron chi connectivity index (χ2n) is 3.95. The van der Waals surface area contributed by atoms with Crippen LogP contribution in [0.25, 0.3) is 0 Å². The van der Waals surface area contributed by atoms with Crippen molar-refractivity contribution in [2.45, 2.75) is 39.3 Å². The largest absolute Gasteiger partial charge is 0.0652 e. The number of rotatable bonds is 4. The van der Waals surface area contributed by atoms with E-state index in [2.05, 4.69) is 34.1 Å². The molecule has 0 aliphatic carbocycles. The SMILES string of the molecule is CCCC[P+](C)(C)C(C)C. The fraction of sp³-hybridized carbons (Fsp3) is 1.00. The highest BCUT2D eigenvalue weighted by atomic mass is 31.2. The Hall–Kier alpha value is 0.430. The van der Waals surface area contributed by atoms with Gasteiger partial charge in [-0.1, -0.05) is 13.3 Å². The maximum absolute atomic E-state index is 2.48. The second-order valence-corrected chi connectivity index (χ2v) is 8.99. The van der Waals surface area contributed by atoms with Crippen molar-refractivity contribution in [2.75, 3.05) is 19.5 Å². The molecule has 0 aromatic carbocycles. The van der Waals surface area contributed by atoms with Gasteiger partial charge >= 0.3 is 0 Å². The summed E-state index contributed by atoms with van der Waals surface area (Å²) in [4.78, 5) is 0. The van der Waals surface area contributed by atoms with Crippen LogP contribution in [0.1, 0.15) is 33.6 Å². The zero-order chi connectivity index (χ0) is 8.20. The maximum Gasteiger partial charge on any atom is 0.0636 e. The van der Waals surface area contributed by atoms with Crippen LogP contribution in [0.3, 0.4) is 0 Å². The van der Waals surface area contributed by atoms with E-state index in [1.165, 1.54) is 19.0 Å². The molecular formula is C9H22P+. The van der Waals surface area contributed by atoms with Gasteiger partial charge < -0.3 is 0 Å². The maximum atomic E-state index is 2.48. The molecule has 1 heteroatoms. The first-order valence-electron chi connectivity index (χ1n) is 4.33. The third-order valence-electron chi connectivity index (χ3n) is 2.49. The van der Waals surface area contributed by atoms with Crippen molar-refractivity contribution in [2.24, 2.45) is 0 Å². The summed E-state index contributed by atoms with van der Waals surface area (Å²) in [5, 5.41) is 0. The van der Waals surface area contributed by atoms with Gasteiger partial charge in [-0.25, -0.2) is 0 Å². The van der Waals surface area contributed by atoms with Crippen molar-refractivity contribution in [1.29, 1.82) is 0 Å². The molecule has 0 N–H and O–H groups in total. The van der Waals surface area contributed by atoms with Crippen LogP contribution in [0, 0.1) is 0 Å². The van der Waals surface area contributed by atoms with E-state index in [4.69, 9.17) is 0 Å². The van der Waals surface area contributed by atoms with Crippen LogP contribution in [-0.4, -0.2) is 25.2 Å². The van der Waals surface area contributed by atoms with Crippen LogP contribution >= 0.6 is 7.26 Å². The van der Waals surface area contributed by atoms with Crippen molar-refractivity contribution in [3.63, 3.8) is 0 Å². The van der Waals surface area contributed by atoms with Crippen LogP contribution in [0.15, 0.2) is 0 Å². The topological polar surface area (TPSA) is 0 Å². The average Bonchev–Trinajstić information content (AvgIpc) is 1.84. The first kappa shape index (κ1) is 10.4. The van der Waals surface area contributed by atoms with Crippen LogP contribution < -0.4 is 0 Å². The molecule has 0 amide bonds. The van der Waals surface area contributed by atoms with Crippen molar-refractivity contribution in [1.82, 2.24) is 0 Å². The molecule has 0 radical (unpaired) electrons. The Labute approximate surface area is 66.7 Å². The zero-order valence-corrected chi connectivity index (χ0v) is 9.04. The van der Waals surface area contributed by atoms with Gasteiger partial charge in [0.1, 0.15) is 0 Å². The van der Waals surface area contributed by atoms with Gasteiger partial charge in [-0.05, 0) is 20.3 Å². The Bertz CT molecular complexity index is 84.7. The van der Waals surface area contributed by atoms with Crippen molar-refractivity contribution in [3.05, 3.63) is 0 Å². The molecular weight excluding hydrogens is 139 g/mol. The molecule has 0 heterocycles. The van der Waals surface area contributed by atoms with Crippen LogP contribution in [0.5, 0.6) is 0 Å². The van der Waals surface area contributed by atoms with E-state index in [1.54, 1.807) is 0 Å². The molecule has 0 saturated heterocycles. The highest BCUT2D eigenvalue weighted by molar-refractivity contribution is 7.75. The third kappa shape index (κ3) is 3.56. The van der Waals surface area contributed by atoms with Gasteiger partial charge in [0.05, 0.1) is 11.8 Å². The Kier molecular flexibility index (Phi) is 4.52. The standard InChI is InChI=1S/C9H22P/c1-6-7-8-10(4,5)9(2)3/h9H,6-8H2,1-5H3/q+1. The number of hydrogen-bond acceptors (Lipinski definition) is 0. The molecule has 0 unspecified atom stereocenters. The van der Waals surface area contributed by atoms with Crippen LogP contribution in [0.2, 0.25) is 0 Å². The molecule has 0 aliphatic rings. The molecule has 0 atom stereocenters. The average molecular weight is 161 g/mol. The Morgan fingerprint density at radius 2 is 1.70 bits per heavy atom. The fourth-order valence-corrected chi connectivity index (χ4v) is 2.47. The Morgan fingerprint density at radius 3 is 2.00 bits per heavy atom. The highest BCUT2D eigenvalue weighted by Crippen LogP contribution is 2.56. The van der Waals surface area contributed by atoms with Gasteiger partial charge in [-0.3, -0.25) is 0 Å². The zero-order valence-electron chi connectivity index (χ0n) is 8.15. The van der Waals surface area contributed by atoms with E-state index in [1.807, 2.05) is 0 Å². The molecule has 0 fully saturated rings.